The minimum Gasteiger partial charge on any atom is -0.481 e. The van der Waals surface area contributed by atoms with E-state index < -0.39 is 96.4 Å². The number of carbonyl (C=O) groups excluding carboxylic acids is 5. The number of nitrogens with two attached hydrogens (primary N) is 1. The van der Waals surface area contributed by atoms with Crippen LogP contribution in [-0.4, -0.2) is 122 Å². The zero-order valence-corrected chi connectivity index (χ0v) is 24.2. The molecule has 0 saturated carbocycles. The second-order valence-electron chi connectivity index (χ2n) is 10.6. The van der Waals surface area contributed by atoms with Gasteiger partial charge in [0.2, 0.25) is 29.5 Å². The SMILES string of the molecule is CC(C)[C@H](N)C(=O)N[C@@H](CC(=O)O)C(=O)N[C@H](C(=O)N[C@@H](C)C(=O)N1CCC[C@H]1C(=O)N[C@H](C(=O)O)[C@@H](C)O)[C@@H](C)O. The molecule has 0 aromatic heterocycles. The first-order chi connectivity index (χ1) is 19.4. The molecule has 17 heteroatoms. The van der Waals surface area contributed by atoms with Crippen molar-refractivity contribution in [1.29, 1.82) is 0 Å². The van der Waals surface area contributed by atoms with E-state index in [0.29, 0.717) is 6.42 Å². The first-order valence-electron chi connectivity index (χ1n) is 13.5. The zero-order valence-electron chi connectivity index (χ0n) is 24.2. The summed E-state index contributed by atoms with van der Waals surface area (Å²) in [7, 11) is 0. The highest BCUT2D eigenvalue weighted by Gasteiger charge is 2.39. The van der Waals surface area contributed by atoms with E-state index in [1.54, 1.807) is 13.8 Å². The Labute approximate surface area is 242 Å². The third-order valence-electron chi connectivity index (χ3n) is 6.71. The molecule has 0 radical (unpaired) electrons. The number of carboxylic acids is 2. The van der Waals surface area contributed by atoms with E-state index in [-0.39, 0.29) is 18.9 Å². The summed E-state index contributed by atoms with van der Waals surface area (Å²) in [5, 5.41) is 47.2. The Morgan fingerprint density at radius 1 is 0.810 bits per heavy atom. The quantitative estimate of drug-likeness (QED) is 0.0874. The van der Waals surface area contributed by atoms with Crippen molar-refractivity contribution >= 4 is 41.5 Å². The molecule has 1 heterocycles. The van der Waals surface area contributed by atoms with E-state index in [4.69, 9.17) is 5.73 Å². The predicted octanol–water partition coefficient (Wildman–Crippen LogP) is -3.76. The highest BCUT2D eigenvalue weighted by Crippen LogP contribution is 2.19. The Morgan fingerprint density at radius 2 is 1.38 bits per heavy atom. The molecular weight excluding hydrogens is 560 g/mol. The number of amides is 5. The first kappa shape index (κ1) is 36.2. The van der Waals surface area contributed by atoms with Crippen molar-refractivity contribution in [3.63, 3.8) is 0 Å². The number of nitrogens with one attached hydrogen (secondary N) is 4. The van der Waals surface area contributed by atoms with Crippen LogP contribution >= 0.6 is 0 Å². The van der Waals surface area contributed by atoms with Crippen LogP contribution in [0.25, 0.3) is 0 Å². The minimum atomic E-state index is -1.67. The Kier molecular flexibility index (Phi) is 13.8. The number of carbonyl (C=O) groups is 7. The fourth-order valence-corrected chi connectivity index (χ4v) is 4.17. The van der Waals surface area contributed by atoms with E-state index in [0.717, 1.165) is 4.90 Å². The Morgan fingerprint density at radius 3 is 1.86 bits per heavy atom. The topological polar surface area (TPSA) is 278 Å². The lowest BCUT2D eigenvalue weighted by atomic mass is 10.0. The van der Waals surface area contributed by atoms with E-state index in [1.807, 2.05) is 0 Å². The van der Waals surface area contributed by atoms with Gasteiger partial charge in [-0.15, -0.1) is 0 Å². The van der Waals surface area contributed by atoms with Gasteiger partial charge in [0.05, 0.1) is 24.7 Å². The smallest absolute Gasteiger partial charge is 0.328 e. The predicted molar refractivity (Wildman–Crippen MR) is 144 cm³/mol. The van der Waals surface area contributed by atoms with E-state index in [2.05, 4.69) is 21.3 Å². The summed E-state index contributed by atoms with van der Waals surface area (Å²) in [6.07, 6.45) is -3.16. The van der Waals surface area contributed by atoms with Gasteiger partial charge in [0.15, 0.2) is 6.04 Å². The molecule has 1 fully saturated rings. The third kappa shape index (κ3) is 10.2. The molecular formula is C25H42N6O11. The van der Waals surface area contributed by atoms with Gasteiger partial charge < -0.3 is 52.3 Å². The van der Waals surface area contributed by atoms with Crippen molar-refractivity contribution in [2.24, 2.45) is 11.7 Å². The van der Waals surface area contributed by atoms with Gasteiger partial charge in [-0.3, -0.25) is 28.8 Å². The average molecular weight is 603 g/mol. The van der Waals surface area contributed by atoms with E-state index in [9.17, 15) is 54.0 Å². The maximum absolute atomic E-state index is 13.1. The number of nitrogens with zero attached hydrogens (tertiary/aromatic N) is 1. The molecule has 42 heavy (non-hydrogen) atoms. The highest BCUT2D eigenvalue weighted by molar-refractivity contribution is 5.97. The van der Waals surface area contributed by atoms with Crippen LogP contribution < -0.4 is 27.0 Å². The molecule has 0 unspecified atom stereocenters. The molecule has 238 valence electrons. The Balaban J connectivity index is 2.97. The summed E-state index contributed by atoms with van der Waals surface area (Å²) in [5.74, 6) is -7.64. The summed E-state index contributed by atoms with van der Waals surface area (Å²) in [6, 6.07) is -8.28. The molecule has 10 N–H and O–H groups in total. The molecule has 1 rings (SSSR count). The number of aliphatic hydroxyl groups excluding tert-OH is 2. The molecule has 0 aromatic rings. The largest absolute Gasteiger partial charge is 0.481 e. The van der Waals surface area contributed by atoms with Gasteiger partial charge in [0, 0.05) is 6.54 Å². The molecule has 1 aliphatic rings. The van der Waals surface area contributed by atoms with Crippen LogP contribution in [0, 0.1) is 5.92 Å². The molecule has 8 atom stereocenters. The number of aliphatic carboxylic acids is 2. The van der Waals surface area contributed by atoms with Gasteiger partial charge in [-0.2, -0.15) is 0 Å². The van der Waals surface area contributed by atoms with Crippen LogP contribution in [-0.2, 0) is 33.6 Å². The minimum absolute atomic E-state index is 0.120. The second-order valence-corrected chi connectivity index (χ2v) is 10.6. The molecule has 0 aromatic carbocycles. The Bertz CT molecular complexity index is 1030. The molecule has 17 nitrogen and oxygen atoms in total. The van der Waals surface area contributed by atoms with Crippen LogP contribution in [0.1, 0.15) is 53.9 Å². The Hall–Kier alpha value is -3.83. The number of likely N-dealkylation sites (tertiary alicyclic amines) is 1. The fourth-order valence-electron chi connectivity index (χ4n) is 4.17. The van der Waals surface area contributed by atoms with Crippen LogP contribution in [0.3, 0.4) is 0 Å². The summed E-state index contributed by atoms with van der Waals surface area (Å²) in [4.78, 5) is 87.8. The summed E-state index contributed by atoms with van der Waals surface area (Å²) < 4.78 is 0. The van der Waals surface area contributed by atoms with E-state index in [1.165, 1.54) is 20.8 Å². The van der Waals surface area contributed by atoms with E-state index >= 15 is 0 Å². The van der Waals surface area contributed by atoms with Gasteiger partial charge in [0.1, 0.15) is 24.2 Å². The van der Waals surface area contributed by atoms with Gasteiger partial charge in [-0.1, -0.05) is 13.8 Å². The van der Waals surface area contributed by atoms with Crippen molar-refractivity contribution < 1.29 is 54.0 Å². The molecule has 0 bridgehead atoms. The van der Waals surface area contributed by atoms with Crippen molar-refractivity contribution in [2.75, 3.05) is 6.54 Å². The highest BCUT2D eigenvalue weighted by atomic mass is 16.4. The molecule has 0 spiro atoms. The van der Waals surface area contributed by atoms with Gasteiger partial charge in [-0.05, 0) is 39.5 Å². The lowest BCUT2D eigenvalue weighted by molar-refractivity contribution is -0.147. The first-order valence-corrected chi connectivity index (χ1v) is 13.5. The molecule has 1 aliphatic heterocycles. The molecule has 0 aliphatic carbocycles. The van der Waals surface area contributed by atoms with Gasteiger partial charge in [-0.25, -0.2) is 4.79 Å². The number of hydrogen-bond donors (Lipinski definition) is 9. The van der Waals surface area contributed by atoms with Crippen molar-refractivity contribution in [3.8, 4) is 0 Å². The number of hydrogen-bond acceptors (Lipinski definition) is 10. The van der Waals surface area contributed by atoms with Crippen molar-refractivity contribution in [3.05, 3.63) is 0 Å². The zero-order chi connectivity index (χ0) is 32.5. The van der Waals surface area contributed by atoms with Crippen LogP contribution in [0.15, 0.2) is 0 Å². The van der Waals surface area contributed by atoms with Crippen LogP contribution in [0.4, 0.5) is 0 Å². The number of carboxylic acid groups (broad SMARTS) is 2. The summed E-state index contributed by atoms with van der Waals surface area (Å²) in [6.45, 7) is 7.06. The van der Waals surface area contributed by atoms with Crippen LogP contribution in [0.2, 0.25) is 0 Å². The summed E-state index contributed by atoms with van der Waals surface area (Å²) >= 11 is 0. The molecule has 1 saturated heterocycles. The average Bonchev–Trinajstić information content (AvgIpc) is 3.37. The second kappa shape index (κ2) is 16.0. The standard InChI is InChI=1S/C25H42N6O11/c1-10(2)17(26)22(38)28-14(9-16(34)35)20(36)29-18(12(4)32)23(39)27-11(3)24(40)31-8-6-7-15(31)21(37)30-19(13(5)33)25(41)42/h10-15,17-19,32-33H,6-9,26H2,1-5H3,(H,27,39)(H,28,38)(H,29,36)(H,30,37)(H,34,35)(H,41,42)/t11-,12+,13+,14-,15-,17-,18-,19-/m0/s1. The monoisotopic (exact) mass is 602 g/mol. The fraction of sp³-hybridized carbons (Fsp3) is 0.720. The lowest BCUT2D eigenvalue weighted by Gasteiger charge is -2.30. The van der Waals surface area contributed by atoms with Crippen molar-refractivity contribution in [1.82, 2.24) is 26.2 Å². The lowest BCUT2D eigenvalue weighted by Crippen LogP contribution is -2.61. The number of aliphatic hydroxyl groups is 2. The van der Waals surface area contributed by atoms with Crippen molar-refractivity contribution in [2.45, 2.75) is 102 Å². The maximum Gasteiger partial charge on any atom is 0.328 e. The third-order valence-corrected chi connectivity index (χ3v) is 6.71. The van der Waals surface area contributed by atoms with Crippen LogP contribution in [0.5, 0.6) is 0 Å². The van der Waals surface area contributed by atoms with Gasteiger partial charge in [0.25, 0.3) is 0 Å². The maximum atomic E-state index is 13.1. The molecule has 5 amide bonds. The normalized spacial score (nSPS) is 19.8. The number of rotatable bonds is 15. The summed E-state index contributed by atoms with van der Waals surface area (Å²) in [5.41, 5.74) is 5.76. The van der Waals surface area contributed by atoms with Gasteiger partial charge >= 0.3 is 11.9 Å².